The second-order valence-corrected chi connectivity index (χ2v) is 5.44. The normalized spacial score (nSPS) is 11.1. The third kappa shape index (κ3) is 3.77. The molecule has 0 aliphatic carbocycles. The lowest BCUT2D eigenvalue weighted by molar-refractivity contribution is -0.111. The van der Waals surface area contributed by atoms with Crippen molar-refractivity contribution in [2.75, 3.05) is 21.3 Å². The van der Waals surface area contributed by atoms with Gasteiger partial charge in [0, 0.05) is 5.57 Å². The summed E-state index contributed by atoms with van der Waals surface area (Å²) in [5, 5.41) is 0. The molecule has 0 fully saturated rings. The Balaban J connectivity index is 2.59. The summed E-state index contributed by atoms with van der Waals surface area (Å²) in [5.74, 6) is 1.50. The third-order valence-corrected chi connectivity index (χ3v) is 3.74. The molecule has 0 radical (unpaired) electrons. The van der Waals surface area contributed by atoms with Crippen molar-refractivity contribution in [3.63, 3.8) is 0 Å². The first-order valence-corrected chi connectivity index (χ1v) is 7.59. The van der Waals surface area contributed by atoms with Crippen molar-refractivity contribution in [1.29, 1.82) is 0 Å². The van der Waals surface area contributed by atoms with E-state index in [1.54, 1.807) is 40.4 Å². The molecule has 0 saturated carbocycles. The Morgan fingerprint density at radius 2 is 1.46 bits per heavy atom. The van der Waals surface area contributed by atoms with Crippen LogP contribution in [0, 0.1) is 6.92 Å². The molecule has 0 saturated heterocycles. The molecule has 0 bridgehead atoms. The summed E-state index contributed by atoms with van der Waals surface area (Å²) < 4.78 is 16.1. The Hall–Kier alpha value is -2.75. The van der Waals surface area contributed by atoms with Crippen LogP contribution in [-0.4, -0.2) is 27.1 Å². The minimum absolute atomic E-state index is 0.0372. The summed E-state index contributed by atoms with van der Waals surface area (Å²) in [7, 11) is 4.66. The van der Waals surface area contributed by atoms with Crippen LogP contribution in [0.1, 0.15) is 23.6 Å². The molecule has 4 nitrogen and oxygen atoms in total. The average molecular weight is 326 g/mol. The molecule has 0 heterocycles. The Bertz CT molecular complexity index is 733. The molecule has 0 aliphatic heterocycles. The predicted octanol–water partition coefficient (Wildman–Crippen LogP) is 4.15. The van der Waals surface area contributed by atoms with Crippen LogP contribution in [0.15, 0.2) is 36.4 Å². The van der Waals surface area contributed by atoms with Crippen LogP contribution in [0.3, 0.4) is 0 Å². The zero-order chi connectivity index (χ0) is 17.7. The van der Waals surface area contributed by atoms with Crippen molar-refractivity contribution in [2.24, 2.45) is 0 Å². The van der Waals surface area contributed by atoms with Gasteiger partial charge in [0.05, 0.1) is 21.3 Å². The van der Waals surface area contributed by atoms with Crippen LogP contribution in [0.5, 0.6) is 17.2 Å². The molecule has 0 amide bonds. The smallest absolute Gasteiger partial charge is 0.203 e. The van der Waals surface area contributed by atoms with E-state index < -0.39 is 0 Å². The molecule has 126 valence electrons. The molecule has 2 aromatic rings. The number of hydrogen-bond donors (Lipinski definition) is 0. The number of rotatable bonds is 6. The van der Waals surface area contributed by atoms with Crippen LogP contribution in [0.4, 0.5) is 0 Å². The van der Waals surface area contributed by atoms with E-state index in [1.165, 1.54) is 5.56 Å². The third-order valence-electron chi connectivity index (χ3n) is 3.74. The maximum atomic E-state index is 12.2. The maximum Gasteiger partial charge on any atom is 0.203 e. The highest BCUT2D eigenvalue weighted by Crippen LogP contribution is 2.40. The molecule has 0 aliphatic rings. The van der Waals surface area contributed by atoms with Crippen molar-refractivity contribution in [1.82, 2.24) is 0 Å². The lowest BCUT2D eigenvalue weighted by atomic mass is 9.98. The average Bonchev–Trinajstić information content (AvgIpc) is 2.59. The fourth-order valence-corrected chi connectivity index (χ4v) is 2.45. The van der Waals surface area contributed by atoms with Gasteiger partial charge >= 0.3 is 0 Å². The molecule has 0 N–H and O–H groups in total. The molecule has 0 unspecified atom stereocenters. The number of carbonyl (C=O) groups excluding carboxylic acids is 1. The summed E-state index contributed by atoms with van der Waals surface area (Å²) in [4.78, 5) is 12.2. The highest BCUT2D eigenvalue weighted by atomic mass is 16.5. The highest BCUT2D eigenvalue weighted by molar-refractivity contribution is 6.24. The standard InChI is InChI=1S/C20H22O4/c1-13-6-8-15(9-7-13)10-17(14(2)21)16-11-18(22-3)20(24-5)19(12-16)23-4/h6-12H,1-5H3/b17-10-. The van der Waals surface area contributed by atoms with Crippen molar-refractivity contribution in [3.05, 3.63) is 53.1 Å². The maximum absolute atomic E-state index is 12.2. The Labute approximate surface area is 142 Å². The summed E-state index contributed by atoms with van der Waals surface area (Å²) in [6.45, 7) is 3.57. The van der Waals surface area contributed by atoms with Gasteiger partial charge in [0.2, 0.25) is 5.75 Å². The van der Waals surface area contributed by atoms with Crippen LogP contribution in [0.25, 0.3) is 11.6 Å². The quantitative estimate of drug-likeness (QED) is 0.591. The Morgan fingerprint density at radius 1 is 0.917 bits per heavy atom. The molecule has 0 aromatic heterocycles. The minimum Gasteiger partial charge on any atom is -0.493 e. The summed E-state index contributed by atoms with van der Waals surface area (Å²) in [5.41, 5.74) is 3.43. The summed E-state index contributed by atoms with van der Waals surface area (Å²) in [6, 6.07) is 11.6. The van der Waals surface area contributed by atoms with E-state index in [0.717, 1.165) is 11.1 Å². The van der Waals surface area contributed by atoms with Gasteiger partial charge < -0.3 is 14.2 Å². The van der Waals surface area contributed by atoms with Gasteiger partial charge in [-0.25, -0.2) is 0 Å². The topological polar surface area (TPSA) is 44.8 Å². The van der Waals surface area contributed by atoms with E-state index in [0.29, 0.717) is 22.8 Å². The van der Waals surface area contributed by atoms with Gasteiger partial charge in [0.25, 0.3) is 0 Å². The molecular weight excluding hydrogens is 304 g/mol. The first-order valence-electron chi connectivity index (χ1n) is 7.59. The van der Waals surface area contributed by atoms with Crippen LogP contribution < -0.4 is 14.2 Å². The first kappa shape index (κ1) is 17.6. The number of methoxy groups -OCH3 is 3. The number of ether oxygens (including phenoxy) is 3. The first-order chi connectivity index (χ1) is 11.5. The van der Waals surface area contributed by atoms with E-state index >= 15 is 0 Å². The number of hydrogen-bond acceptors (Lipinski definition) is 4. The van der Waals surface area contributed by atoms with Crippen molar-refractivity contribution in [3.8, 4) is 17.2 Å². The van der Waals surface area contributed by atoms with Crippen LogP contribution in [-0.2, 0) is 4.79 Å². The zero-order valence-electron chi connectivity index (χ0n) is 14.7. The van der Waals surface area contributed by atoms with Crippen molar-refractivity contribution in [2.45, 2.75) is 13.8 Å². The molecule has 0 spiro atoms. The Kier molecular flexibility index (Phi) is 5.64. The van der Waals surface area contributed by atoms with Crippen LogP contribution in [0.2, 0.25) is 0 Å². The molecule has 24 heavy (non-hydrogen) atoms. The number of carbonyl (C=O) groups is 1. The van der Waals surface area contributed by atoms with E-state index in [4.69, 9.17) is 14.2 Å². The van der Waals surface area contributed by atoms with Gasteiger partial charge in [-0.1, -0.05) is 29.8 Å². The van der Waals surface area contributed by atoms with Gasteiger partial charge in [-0.05, 0) is 43.2 Å². The summed E-state index contributed by atoms with van der Waals surface area (Å²) >= 11 is 0. The van der Waals surface area contributed by atoms with Crippen molar-refractivity contribution >= 4 is 17.4 Å². The largest absolute Gasteiger partial charge is 0.493 e. The molecule has 0 atom stereocenters. The fourth-order valence-electron chi connectivity index (χ4n) is 2.45. The highest BCUT2D eigenvalue weighted by Gasteiger charge is 2.17. The molecule has 2 rings (SSSR count). The number of aryl methyl sites for hydroxylation is 1. The van der Waals surface area contributed by atoms with E-state index in [9.17, 15) is 4.79 Å². The second-order valence-electron chi connectivity index (χ2n) is 5.44. The zero-order valence-corrected chi connectivity index (χ0v) is 14.7. The van der Waals surface area contributed by atoms with Crippen molar-refractivity contribution < 1.29 is 19.0 Å². The minimum atomic E-state index is -0.0372. The van der Waals surface area contributed by atoms with Gasteiger partial charge in [0.15, 0.2) is 17.3 Å². The van der Waals surface area contributed by atoms with Gasteiger partial charge in [-0.15, -0.1) is 0 Å². The molecule has 4 heteroatoms. The van der Waals surface area contributed by atoms with Gasteiger partial charge in [-0.2, -0.15) is 0 Å². The monoisotopic (exact) mass is 326 g/mol. The summed E-state index contributed by atoms with van der Waals surface area (Å²) in [6.07, 6.45) is 1.86. The number of ketones is 1. The SMILES string of the molecule is COc1cc(/C(=C\c2ccc(C)cc2)C(C)=O)cc(OC)c1OC. The number of Topliss-reactive ketones (excluding diaryl/α,β-unsaturated/α-hetero) is 1. The van der Waals surface area contributed by atoms with Gasteiger partial charge in [0.1, 0.15) is 0 Å². The van der Waals surface area contributed by atoms with E-state index in [2.05, 4.69) is 0 Å². The molecule has 2 aromatic carbocycles. The number of benzene rings is 2. The second kappa shape index (κ2) is 7.68. The number of allylic oxidation sites excluding steroid dienone is 1. The van der Waals surface area contributed by atoms with E-state index in [1.807, 2.05) is 37.3 Å². The van der Waals surface area contributed by atoms with Gasteiger partial charge in [-0.3, -0.25) is 4.79 Å². The predicted molar refractivity (Wildman–Crippen MR) is 95.8 cm³/mol. The fraction of sp³-hybridized carbons (Fsp3) is 0.250. The Morgan fingerprint density at radius 3 is 1.88 bits per heavy atom. The lowest BCUT2D eigenvalue weighted by Crippen LogP contribution is -2.00. The molecular formula is C20H22O4. The van der Waals surface area contributed by atoms with E-state index in [-0.39, 0.29) is 5.78 Å². The lowest BCUT2D eigenvalue weighted by Gasteiger charge is -2.15. The van der Waals surface area contributed by atoms with Crippen LogP contribution >= 0.6 is 0 Å².